The molecular formula is C10H10AuN4O8-2. The fourth-order valence-corrected chi connectivity index (χ4v) is 1.48. The van der Waals surface area contributed by atoms with E-state index in [0.29, 0.717) is 9.80 Å². The molecule has 0 N–H and O–H groups in total. The van der Waals surface area contributed by atoms with Crippen LogP contribution >= 0.6 is 0 Å². The van der Waals surface area contributed by atoms with Gasteiger partial charge in [0.2, 0.25) is 0 Å². The maximum absolute atomic E-state index is 10.8. The number of hydrogen-bond acceptors (Lipinski definition) is 8. The first-order chi connectivity index (χ1) is 10.1. The molecule has 13 heteroatoms. The summed E-state index contributed by atoms with van der Waals surface area (Å²) in [7, 11) is 2.43. The van der Waals surface area contributed by atoms with Crippen LogP contribution in [0.25, 0.3) is 0 Å². The second kappa shape index (κ2) is 7.71. The molecule has 1 radical (unpaired) electrons. The van der Waals surface area contributed by atoms with Crippen molar-refractivity contribution in [2.75, 3.05) is 27.2 Å². The number of carbonyl (C=O) groups excluding carboxylic acids is 6. The van der Waals surface area contributed by atoms with Crippen molar-refractivity contribution in [1.82, 2.24) is 19.6 Å². The van der Waals surface area contributed by atoms with Gasteiger partial charge in [-0.15, -0.1) is 0 Å². The van der Waals surface area contributed by atoms with Gasteiger partial charge in [-0.05, 0) is 0 Å². The minimum Gasteiger partial charge on any atom is -0.529 e. The minimum atomic E-state index is -1.65. The van der Waals surface area contributed by atoms with E-state index in [2.05, 4.69) is 0 Å². The molecule has 2 rings (SSSR count). The number of imide groups is 4. The number of nitrogens with zero attached hydrogens (tertiary/aromatic N) is 4. The van der Waals surface area contributed by atoms with Crippen LogP contribution in [-0.4, -0.2) is 82.8 Å². The number of rotatable bonds is 0. The molecule has 2 aliphatic heterocycles. The van der Waals surface area contributed by atoms with Crippen molar-refractivity contribution in [2.24, 2.45) is 0 Å². The second-order valence-electron chi connectivity index (χ2n) is 4.17. The van der Waals surface area contributed by atoms with Crippen molar-refractivity contribution in [3.05, 3.63) is 0 Å². The zero-order valence-electron chi connectivity index (χ0n) is 11.8. The van der Waals surface area contributed by atoms with Gasteiger partial charge in [-0.3, -0.25) is 29.2 Å². The van der Waals surface area contributed by atoms with Crippen LogP contribution in [0.3, 0.4) is 0 Å². The van der Waals surface area contributed by atoms with Crippen molar-refractivity contribution >= 4 is 36.1 Å². The molecule has 0 aromatic heterocycles. The number of likely N-dealkylation sites (N-methyl/N-ethyl adjacent to an activating group) is 2. The molecule has 2 fully saturated rings. The standard InChI is InChI=1S/2C5H6N2O4.Au/c2*1-6-3(8)2-7(4(6)9)5(10)11;/h2*2H2,1H3,(H,10,11);/p-2. The minimum absolute atomic E-state index is 0. The molecule has 0 unspecified atom stereocenters. The third-order valence-electron chi connectivity index (χ3n) is 2.81. The van der Waals surface area contributed by atoms with Crippen molar-refractivity contribution in [2.45, 2.75) is 0 Å². The molecule has 2 heterocycles. The van der Waals surface area contributed by atoms with Crippen LogP contribution < -0.4 is 10.2 Å². The molecule has 12 nitrogen and oxygen atoms in total. The van der Waals surface area contributed by atoms with Crippen LogP contribution in [0.1, 0.15) is 0 Å². The van der Waals surface area contributed by atoms with Gasteiger partial charge in [-0.25, -0.2) is 9.59 Å². The van der Waals surface area contributed by atoms with Gasteiger partial charge < -0.3 is 19.8 Å². The third-order valence-corrected chi connectivity index (χ3v) is 2.81. The summed E-state index contributed by atoms with van der Waals surface area (Å²) in [6, 6.07) is -1.70. The van der Waals surface area contributed by atoms with Crippen molar-refractivity contribution in [1.29, 1.82) is 0 Å². The Morgan fingerprint density at radius 3 is 1.13 bits per heavy atom. The average Bonchev–Trinajstić information content (AvgIpc) is 2.85. The van der Waals surface area contributed by atoms with Gasteiger partial charge in [-0.1, -0.05) is 0 Å². The van der Waals surface area contributed by atoms with Crippen LogP contribution in [-0.2, 0) is 32.0 Å². The molecule has 2 aliphatic rings. The fraction of sp³-hybridized carbons (Fsp3) is 0.400. The van der Waals surface area contributed by atoms with E-state index >= 15 is 0 Å². The summed E-state index contributed by atoms with van der Waals surface area (Å²) < 4.78 is 0. The number of carboxylic acid groups (broad SMARTS) is 2. The molecule has 8 amide bonds. The Labute approximate surface area is 144 Å². The van der Waals surface area contributed by atoms with Crippen LogP contribution in [0.2, 0.25) is 0 Å². The molecule has 23 heavy (non-hydrogen) atoms. The van der Waals surface area contributed by atoms with E-state index < -0.39 is 49.2 Å². The summed E-state index contributed by atoms with van der Waals surface area (Å²) in [6.45, 7) is -0.866. The molecule has 0 atom stereocenters. The van der Waals surface area contributed by atoms with E-state index in [1.165, 1.54) is 14.1 Å². The van der Waals surface area contributed by atoms with E-state index in [-0.39, 0.29) is 22.4 Å². The Hall–Kier alpha value is -2.44. The Bertz CT molecular complexity index is 529. The SMILES string of the molecule is CN1C(=O)CN(C(=O)[O-])C1=O.CN1C(=O)CN(C(=O)[O-])C1=O.[Au]. The smallest absolute Gasteiger partial charge is 0.332 e. The van der Waals surface area contributed by atoms with Gasteiger partial charge in [0.25, 0.3) is 11.8 Å². The van der Waals surface area contributed by atoms with E-state index in [1.54, 1.807) is 0 Å². The first kappa shape index (κ1) is 20.6. The van der Waals surface area contributed by atoms with Gasteiger partial charge in [0.1, 0.15) is 25.3 Å². The van der Waals surface area contributed by atoms with Gasteiger partial charge in [-0.2, -0.15) is 0 Å². The molecule has 0 bridgehead atoms. The summed E-state index contributed by atoms with van der Waals surface area (Å²) in [5.74, 6) is -1.08. The van der Waals surface area contributed by atoms with Crippen molar-refractivity contribution in [3.8, 4) is 0 Å². The second-order valence-corrected chi connectivity index (χ2v) is 4.17. The zero-order chi connectivity index (χ0) is 17.2. The number of amides is 8. The van der Waals surface area contributed by atoms with Crippen LogP contribution in [0.4, 0.5) is 19.2 Å². The topological polar surface area (TPSA) is 162 Å². The first-order valence-electron chi connectivity index (χ1n) is 5.66. The molecular weight excluding hydrogens is 501 g/mol. The van der Waals surface area contributed by atoms with E-state index in [4.69, 9.17) is 0 Å². The number of urea groups is 2. The first-order valence-corrected chi connectivity index (χ1v) is 5.66. The summed E-state index contributed by atoms with van der Waals surface area (Å²) in [5.41, 5.74) is 0. The third kappa shape index (κ3) is 4.28. The predicted molar refractivity (Wildman–Crippen MR) is 60.5 cm³/mol. The average molecular weight is 511 g/mol. The van der Waals surface area contributed by atoms with Crippen LogP contribution in [0.15, 0.2) is 0 Å². The molecule has 0 spiro atoms. The Kier molecular flexibility index (Phi) is 6.89. The van der Waals surface area contributed by atoms with Crippen LogP contribution in [0, 0.1) is 0 Å². The molecule has 0 aliphatic carbocycles. The maximum atomic E-state index is 10.8. The summed E-state index contributed by atoms with van der Waals surface area (Å²) in [5, 5.41) is 20.2. The predicted octanol–water partition coefficient (Wildman–Crippen LogP) is -3.56. The summed E-state index contributed by atoms with van der Waals surface area (Å²) >= 11 is 0. The molecule has 0 saturated carbocycles. The van der Waals surface area contributed by atoms with E-state index in [1.807, 2.05) is 0 Å². The zero-order valence-corrected chi connectivity index (χ0v) is 13.9. The Morgan fingerprint density at radius 2 is 1.04 bits per heavy atom. The van der Waals surface area contributed by atoms with Gasteiger partial charge in [0.05, 0.1) is 0 Å². The van der Waals surface area contributed by atoms with Crippen molar-refractivity contribution in [3.63, 3.8) is 0 Å². The van der Waals surface area contributed by atoms with E-state index in [9.17, 15) is 39.0 Å². The van der Waals surface area contributed by atoms with E-state index in [0.717, 1.165) is 9.80 Å². The Morgan fingerprint density at radius 1 is 0.783 bits per heavy atom. The normalized spacial score (nSPS) is 17.1. The Balaban J connectivity index is 0.000000403. The van der Waals surface area contributed by atoms with Gasteiger partial charge in [0, 0.05) is 36.5 Å². The maximum Gasteiger partial charge on any atom is 0.332 e. The molecule has 131 valence electrons. The van der Waals surface area contributed by atoms with Crippen molar-refractivity contribution < 1.29 is 61.4 Å². The fourth-order valence-electron chi connectivity index (χ4n) is 1.48. The van der Waals surface area contributed by atoms with Crippen LogP contribution in [0.5, 0.6) is 0 Å². The van der Waals surface area contributed by atoms with Gasteiger partial charge in [0.15, 0.2) is 0 Å². The molecule has 2 saturated heterocycles. The largest absolute Gasteiger partial charge is 0.529 e. The molecule has 0 aromatic rings. The van der Waals surface area contributed by atoms with Gasteiger partial charge >= 0.3 is 12.1 Å². The number of carbonyl (C=O) groups is 6. The molecule has 0 aromatic carbocycles. The monoisotopic (exact) mass is 511 g/mol. The number of hydrogen-bond donors (Lipinski definition) is 0. The quantitative estimate of drug-likeness (QED) is 0.239. The summed E-state index contributed by atoms with van der Waals surface area (Å²) in [4.78, 5) is 65.3. The summed E-state index contributed by atoms with van der Waals surface area (Å²) in [6.07, 6.45) is -3.29.